The number of aliphatic carboxylic acids is 2. The lowest BCUT2D eigenvalue weighted by Gasteiger charge is -2.24. The van der Waals surface area contributed by atoms with Gasteiger partial charge in [0.05, 0.1) is 12.5 Å². The molecule has 0 aromatic heterocycles. The Morgan fingerprint density at radius 2 is 1.44 bits per heavy atom. The Kier molecular flexibility index (Phi) is 10.9. The Bertz CT molecular complexity index is 920. The molecule has 3 unspecified atom stereocenters. The summed E-state index contributed by atoms with van der Waals surface area (Å²) in [5, 5.41) is 33.8. The van der Waals surface area contributed by atoms with E-state index < -0.39 is 73.1 Å². The summed E-state index contributed by atoms with van der Waals surface area (Å²) in [6, 6.07) is 1.56. The number of nitrogens with two attached hydrogens (primary N) is 2. The zero-order chi connectivity index (χ0) is 25.8. The Labute approximate surface area is 193 Å². The molecule has 4 amide bonds. The molecule has 1 rings (SSSR count). The van der Waals surface area contributed by atoms with Gasteiger partial charge in [-0.3, -0.25) is 28.8 Å². The van der Waals surface area contributed by atoms with Crippen molar-refractivity contribution in [1.82, 2.24) is 16.0 Å². The second kappa shape index (κ2) is 13.4. The van der Waals surface area contributed by atoms with E-state index in [9.17, 15) is 33.9 Å². The van der Waals surface area contributed by atoms with Crippen molar-refractivity contribution in [3.8, 4) is 5.75 Å². The van der Waals surface area contributed by atoms with Crippen molar-refractivity contribution in [2.45, 2.75) is 43.8 Å². The number of phenols is 1. The molecule has 3 atom stereocenters. The van der Waals surface area contributed by atoms with Gasteiger partial charge in [0.2, 0.25) is 23.6 Å². The molecule has 0 spiro atoms. The molecule has 14 nitrogen and oxygen atoms in total. The molecule has 10 N–H and O–H groups in total. The summed E-state index contributed by atoms with van der Waals surface area (Å²) in [7, 11) is 0. The van der Waals surface area contributed by atoms with E-state index in [1.807, 2.05) is 0 Å². The molecule has 0 fully saturated rings. The number of carboxylic acid groups (broad SMARTS) is 2. The van der Waals surface area contributed by atoms with Crippen LogP contribution >= 0.6 is 0 Å². The number of amides is 4. The first-order valence-corrected chi connectivity index (χ1v) is 10.0. The van der Waals surface area contributed by atoms with Crippen molar-refractivity contribution >= 4 is 35.6 Å². The fourth-order valence-corrected chi connectivity index (χ4v) is 2.76. The van der Waals surface area contributed by atoms with Crippen LogP contribution in [0.25, 0.3) is 0 Å². The van der Waals surface area contributed by atoms with Gasteiger partial charge >= 0.3 is 11.9 Å². The van der Waals surface area contributed by atoms with Crippen molar-refractivity contribution < 1.29 is 44.1 Å². The van der Waals surface area contributed by atoms with Crippen molar-refractivity contribution in [3.05, 3.63) is 29.8 Å². The largest absolute Gasteiger partial charge is 0.508 e. The van der Waals surface area contributed by atoms with Crippen molar-refractivity contribution in [2.24, 2.45) is 11.5 Å². The first-order chi connectivity index (χ1) is 15.9. The summed E-state index contributed by atoms with van der Waals surface area (Å²) in [6.07, 6.45) is -1.47. The number of primary amides is 1. The third kappa shape index (κ3) is 10.4. The van der Waals surface area contributed by atoms with Crippen LogP contribution in [0.15, 0.2) is 24.3 Å². The standard InChI is InChI=1S/C20H27N5O9/c21-12(8-15(22)27)18(32)25-14(7-10-1-3-11(26)4-2-10)20(34)24-13(5-6-16(28)29)19(33)23-9-17(30)31/h1-4,12-14,26H,5-9,21H2,(H2,22,27)(H,23,33)(H,24,34)(H,25,32)(H,28,29)(H,30,31). The second-order valence-electron chi connectivity index (χ2n) is 7.31. The number of carbonyl (C=O) groups is 6. The number of hydrogen-bond acceptors (Lipinski definition) is 8. The first kappa shape index (κ1) is 27.8. The minimum Gasteiger partial charge on any atom is -0.508 e. The highest BCUT2D eigenvalue weighted by Gasteiger charge is 2.29. The van der Waals surface area contributed by atoms with Gasteiger partial charge in [0.15, 0.2) is 0 Å². The first-order valence-electron chi connectivity index (χ1n) is 10.0. The van der Waals surface area contributed by atoms with Crippen LogP contribution in [-0.4, -0.2) is 75.6 Å². The Morgan fingerprint density at radius 1 is 0.853 bits per heavy atom. The Balaban J connectivity index is 3.07. The third-order valence-corrected chi connectivity index (χ3v) is 4.46. The molecule has 0 saturated carbocycles. The van der Waals surface area contributed by atoms with E-state index in [4.69, 9.17) is 21.7 Å². The molecule has 0 heterocycles. The van der Waals surface area contributed by atoms with Gasteiger partial charge in [-0.2, -0.15) is 0 Å². The summed E-state index contributed by atoms with van der Waals surface area (Å²) in [5.41, 5.74) is 11.1. The highest BCUT2D eigenvalue weighted by atomic mass is 16.4. The number of hydrogen-bond donors (Lipinski definition) is 8. The van der Waals surface area contributed by atoms with Gasteiger partial charge in [-0.25, -0.2) is 0 Å². The van der Waals surface area contributed by atoms with E-state index in [0.29, 0.717) is 5.56 Å². The molecule has 34 heavy (non-hydrogen) atoms. The predicted octanol–water partition coefficient (Wildman–Crippen LogP) is -2.83. The molecule has 14 heteroatoms. The van der Waals surface area contributed by atoms with Gasteiger partial charge in [0.25, 0.3) is 0 Å². The lowest BCUT2D eigenvalue weighted by molar-refractivity contribution is -0.140. The highest BCUT2D eigenvalue weighted by Crippen LogP contribution is 2.12. The monoisotopic (exact) mass is 481 g/mol. The summed E-state index contributed by atoms with van der Waals surface area (Å²) >= 11 is 0. The fourth-order valence-electron chi connectivity index (χ4n) is 2.76. The number of benzene rings is 1. The lowest BCUT2D eigenvalue weighted by Crippen LogP contribution is -2.57. The van der Waals surface area contributed by atoms with Crippen LogP contribution in [0.5, 0.6) is 5.75 Å². The number of rotatable bonds is 14. The van der Waals surface area contributed by atoms with Crippen LogP contribution in [0.1, 0.15) is 24.8 Å². The SMILES string of the molecule is NC(=O)CC(N)C(=O)NC(Cc1ccc(O)cc1)C(=O)NC(CCC(=O)O)C(=O)NCC(=O)O. The number of nitrogens with one attached hydrogen (secondary N) is 3. The van der Waals surface area contributed by atoms with E-state index in [2.05, 4.69) is 16.0 Å². The quantitative estimate of drug-likeness (QED) is 0.135. The molecular formula is C20H27N5O9. The van der Waals surface area contributed by atoms with E-state index in [-0.39, 0.29) is 18.6 Å². The van der Waals surface area contributed by atoms with Crippen LogP contribution < -0.4 is 27.4 Å². The van der Waals surface area contributed by atoms with Crippen LogP contribution in [0.2, 0.25) is 0 Å². The van der Waals surface area contributed by atoms with Gasteiger partial charge in [-0.05, 0) is 24.1 Å². The summed E-state index contributed by atoms with van der Waals surface area (Å²) in [4.78, 5) is 70.3. The maximum atomic E-state index is 12.9. The molecule has 1 aromatic carbocycles. The average molecular weight is 481 g/mol. The molecule has 0 radical (unpaired) electrons. The molecule has 1 aromatic rings. The van der Waals surface area contributed by atoms with Gasteiger partial charge in [0.1, 0.15) is 24.4 Å². The topological polar surface area (TPSA) is 251 Å². The molecule has 0 aliphatic heterocycles. The second-order valence-corrected chi connectivity index (χ2v) is 7.31. The molecule has 186 valence electrons. The number of aromatic hydroxyl groups is 1. The Morgan fingerprint density at radius 3 is 1.97 bits per heavy atom. The maximum Gasteiger partial charge on any atom is 0.322 e. The minimum absolute atomic E-state index is 0.0406. The van der Waals surface area contributed by atoms with Crippen LogP contribution in [0, 0.1) is 0 Å². The van der Waals surface area contributed by atoms with Crippen LogP contribution in [0.4, 0.5) is 0 Å². The van der Waals surface area contributed by atoms with Crippen LogP contribution in [0.3, 0.4) is 0 Å². The molecule has 0 aliphatic rings. The van der Waals surface area contributed by atoms with Gasteiger partial charge < -0.3 is 42.7 Å². The smallest absolute Gasteiger partial charge is 0.322 e. The van der Waals surface area contributed by atoms with E-state index in [1.54, 1.807) is 0 Å². The molecule has 0 aliphatic carbocycles. The normalized spacial score (nSPS) is 13.1. The zero-order valence-electron chi connectivity index (χ0n) is 18.0. The minimum atomic E-state index is -1.42. The van der Waals surface area contributed by atoms with Gasteiger partial charge in [-0.15, -0.1) is 0 Å². The number of phenolic OH excluding ortho intramolecular Hbond substituents is 1. The lowest BCUT2D eigenvalue weighted by atomic mass is 10.0. The predicted molar refractivity (Wildman–Crippen MR) is 115 cm³/mol. The van der Waals surface area contributed by atoms with E-state index >= 15 is 0 Å². The summed E-state index contributed by atoms with van der Waals surface area (Å²) in [5.74, 6) is -6.19. The highest BCUT2D eigenvalue weighted by molar-refractivity contribution is 5.95. The fraction of sp³-hybridized carbons (Fsp3) is 0.400. The molecule has 0 saturated heterocycles. The van der Waals surface area contributed by atoms with Crippen molar-refractivity contribution in [3.63, 3.8) is 0 Å². The van der Waals surface area contributed by atoms with Gasteiger partial charge in [-0.1, -0.05) is 12.1 Å². The van der Waals surface area contributed by atoms with Gasteiger partial charge in [0, 0.05) is 12.8 Å². The van der Waals surface area contributed by atoms with E-state index in [0.717, 1.165) is 0 Å². The zero-order valence-corrected chi connectivity index (χ0v) is 18.0. The maximum absolute atomic E-state index is 12.9. The third-order valence-electron chi connectivity index (χ3n) is 4.46. The number of carboxylic acids is 2. The number of carbonyl (C=O) groups excluding carboxylic acids is 4. The van der Waals surface area contributed by atoms with Crippen LogP contribution in [-0.2, 0) is 35.2 Å². The van der Waals surface area contributed by atoms with Crippen molar-refractivity contribution in [2.75, 3.05) is 6.54 Å². The Hall–Kier alpha value is -4.20. The van der Waals surface area contributed by atoms with Crippen molar-refractivity contribution in [1.29, 1.82) is 0 Å². The van der Waals surface area contributed by atoms with E-state index in [1.165, 1.54) is 24.3 Å². The molecular weight excluding hydrogens is 454 g/mol. The summed E-state index contributed by atoms with van der Waals surface area (Å²) < 4.78 is 0. The molecule has 0 bridgehead atoms. The average Bonchev–Trinajstić information content (AvgIpc) is 2.74. The summed E-state index contributed by atoms with van der Waals surface area (Å²) in [6.45, 7) is -0.756.